The highest BCUT2D eigenvalue weighted by Crippen LogP contribution is 2.30. The molecule has 2 aliphatic rings. The van der Waals surface area contributed by atoms with E-state index in [1.165, 1.54) is 18.9 Å². The third kappa shape index (κ3) is 4.50. The van der Waals surface area contributed by atoms with E-state index >= 15 is 0 Å². The van der Waals surface area contributed by atoms with Crippen LogP contribution in [0.25, 0.3) is 10.2 Å². The second-order valence-electron chi connectivity index (χ2n) is 8.09. The Morgan fingerprint density at radius 1 is 1.25 bits per heavy atom. The number of rotatable bonds is 4. The number of carbonyl (C=O) groups is 1. The first-order valence-electron chi connectivity index (χ1n) is 9.95. The molecule has 3 heterocycles. The zero-order valence-electron chi connectivity index (χ0n) is 16.1. The fourth-order valence-electron chi connectivity index (χ4n) is 4.26. The maximum absolute atomic E-state index is 13.8. The van der Waals surface area contributed by atoms with E-state index in [0.717, 1.165) is 63.0 Å². The highest BCUT2D eigenvalue weighted by atomic mass is 32.1. The average Bonchev–Trinajstić information content (AvgIpc) is 3.06. The van der Waals surface area contributed by atoms with E-state index in [1.54, 1.807) is 0 Å². The Bertz CT molecular complexity index is 850. The van der Waals surface area contributed by atoms with Gasteiger partial charge in [0, 0.05) is 19.2 Å². The number of benzene rings is 1. The minimum atomic E-state index is -0.700. The van der Waals surface area contributed by atoms with E-state index in [4.69, 9.17) is 0 Å². The third-order valence-corrected chi connectivity index (χ3v) is 6.79. The van der Waals surface area contributed by atoms with E-state index in [1.807, 2.05) is 0 Å². The average molecular weight is 409 g/mol. The molecule has 1 atom stereocenters. The predicted molar refractivity (Wildman–Crippen MR) is 108 cm³/mol. The van der Waals surface area contributed by atoms with Gasteiger partial charge in [0.25, 0.3) is 0 Å². The van der Waals surface area contributed by atoms with Crippen LogP contribution in [0, 0.1) is 23.5 Å². The summed E-state index contributed by atoms with van der Waals surface area (Å²) in [6.07, 6.45) is 4.30. The molecule has 0 bridgehead atoms. The SMILES string of the molecule is CN1CCC(CN2CCCC(C(=O)Nc3nc4c(F)cc(F)cc4s3)C2)CC1. The van der Waals surface area contributed by atoms with Crippen LogP contribution >= 0.6 is 11.3 Å². The Balaban J connectivity index is 1.36. The summed E-state index contributed by atoms with van der Waals surface area (Å²) in [5, 5.41) is 3.15. The number of hydrogen-bond donors (Lipinski definition) is 1. The molecule has 2 aromatic rings. The fraction of sp³-hybridized carbons (Fsp3) is 0.600. The Labute approximate surface area is 167 Å². The van der Waals surface area contributed by atoms with Crippen LogP contribution in [0.15, 0.2) is 12.1 Å². The van der Waals surface area contributed by atoms with Crippen LogP contribution in [0.4, 0.5) is 13.9 Å². The van der Waals surface area contributed by atoms with E-state index in [0.29, 0.717) is 15.7 Å². The predicted octanol–water partition coefficient (Wildman–Crippen LogP) is 3.57. The van der Waals surface area contributed by atoms with Crippen LogP contribution in [0.1, 0.15) is 25.7 Å². The van der Waals surface area contributed by atoms with Gasteiger partial charge in [-0.15, -0.1) is 0 Å². The van der Waals surface area contributed by atoms with Crippen molar-refractivity contribution in [1.29, 1.82) is 0 Å². The summed E-state index contributed by atoms with van der Waals surface area (Å²) < 4.78 is 27.6. The zero-order chi connectivity index (χ0) is 19.7. The third-order valence-electron chi connectivity index (χ3n) is 5.87. The largest absolute Gasteiger partial charge is 0.306 e. The number of nitrogens with one attached hydrogen (secondary N) is 1. The lowest BCUT2D eigenvalue weighted by atomic mass is 9.93. The molecule has 1 amide bonds. The number of anilines is 1. The monoisotopic (exact) mass is 408 g/mol. The Morgan fingerprint density at radius 2 is 2.04 bits per heavy atom. The molecule has 2 aliphatic heterocycles. The number of fused-ring (bicyclic) bond motifs is 1. The molecule has 0 radical (unpaired) electrons. The number of aromatic nitrogens is 1. The van der Waals surface area contributed by atoms with Crippen molar-refractivity contribution in [3.05, 3.63) is 23.8 Å². The van der Waals surface area contributed by atoms with Crippen molar-refractivity contribution >= 4 is 32.6 Å². The quantitative estimate of drug-likeness (QED) is 0.840. The summed E-state index contributed by atoms with van der Waals surface area (Å²) in [4.78, 5) is 21.7. The fourth-order valence-corrected chi connectivity index (χ4v) is 5.17. The molecule has 2 saturated heterocycles. The molecular weight excluding hydrogens is 382 g/mol. The summed E-state index contributed by atoms with van der Waals surface area (Å²) in [6, 6.07) is 2.06. The Hall–Kier alpha value is -1.64. The smallest absolute Gasteiger partial charge is 0.230 e. The van der Waals surface area contributed by atoms with Gasteiger partial charge in [-0.25, -0.2) is 13.8 Å². The molecule has 1 aromatic heterocycles. The molecule has 1 aromatic carbocycles. The molecule has 8 heteroatoms. The number of hydrogen-bond acceptors (Lipinski definition) is 5. The number of amides is 1. The summed E-state index contributed by atoms with van der Waals surface area (Å²) in [6.45, 7) is 5.16. The minimum absolute atomic E-state index is 0.0759. The van der Waals surface area contributed by atoms with Crippen molar-refractivity contribution < 1.29 is 13.6 Å². The molecule has 1 unspecified atom stereocenters. The molecule has 0 spiro atoms. The molecule has 152 valence electrons. The highest BCUT2D eigenvalue weighted by molar-refractivity contribution is 7.22. The number of likely N-dealkylation sites (tertiary alicyclic amines) is 2. The molecule has 2 fully saturated rings. The number of nitrogens with zero attached hydrogens (tertiary/aromatic N) is 3. The first kappa shape index (κ1) is 19.7. The van der Waals surface area contributed by atoms with Crippen molar-refractivity contribution in [1.82, 2.24) is 14.8 Å². The van der Waals surface area contributed by atoms with Gasteiger partial charge >= 0.3 is 0 Å². The second-order valence-corrected chi connectivity index (χ2v) is 9.12. The van der Waals surface area contributed by atoms with Crippen LogP contribution in [0.3, 0.4) is 0 Å². The maximum atomic E-state index is 13.8. The van der Waals surface area contributed by atoms with Crippen LogP contribution in [-0.2, 0) is 4.79 Å². The number of piperidine rings is 2. The first-order chi connectivity index (χ1) is 13.5. The molecule has 5 nitrogen and oxygen atoms in total. The number of thiazole rings is 1. The molecule has 0 aliphatic carbocycles. The van der Waals surface area contributed by atoms with Gasteiger partial charge in [-0.3, -0.25) is 4.79 Å². The summed E-state index contributed by atoms with van der Waals surface area (Å²) >= 11 is 1.11. The Kier molecular flexibility index (Phi) is 5.89. The van der Waals surface area contributed by atoms with E-state index in [-0.39, 0.29) is 17.3 Å². The van der Waals surface area contributed by atoms with Crippen LogP contribution < -0.4 is 5.32 Å². The van der Waals surface area contributed by atoms with Crippen molar-refractivity contribution in [2.45, 2.75) is 25.7 Å². The van der Waals surface area contributed by atoms with E-state index in [9.17, 15) is 13.6 Å². The summed E-state index contributed by atoms with van der Waals surface area (Å²) in [7, 11) is 2.17. The molecule has 1 N–H and O–H groups in total. The molecule has 0 saturated carbocycles. The molecule has 28 heavy (non-hydrogen) atoms. The van der Waals surface area contributed by atoms with E-state index < -0.39 is 11.6 Å². The summed E-state index contributed by atoms with van der Waals surface area (Å²) in [5.41, 5.74) is 0.106. The van der Waals surface area contributed by atoms with Crippen LogP contribution in [0.2, 0.25) is 0 Å². The van der Waals surface area contributed by atoms with Gasteiger partial charge in [0.2, 0.25) is 5.91 Å². The van der Waals surface area contributed by atoms with Crippen molar-refractivity contribution in [2.75, 3.05) is 45.1 Å². The maximum Gasteiger partial charge on any atom is 0.230 e. The van der Waals surface area contributed by atoms with Gasteiger partial charge < -0.3 is 15.1 Å². The van der Waals surface area contributed by atoms with Gasteiger partial charge in [-0.2, -0.15) is 0 Å². The van der Waals surface area contributed by atoms with Gasteiger partial charge in [-0.05, 0) is 64.3 Å². The lowest BCUT2D eigenvalue weighted by Crippen LogP contribution is -2.44. The van der Waals surface area contributed by atoms with Crippen LogP contribution in [-0.4, -0.2) is 60.5 Å². The van der Waals surface area contributed by atoms with Crippen LogP contribution in [0.5, 0.6) is 0 Å². The number of halogens is 2. The van der Waals surface area contributed by atoms with Gasteiger partial charge in [-0.1, -0.05) is 11.3 Å². The number of carbonyl (C=O) groups excluding carboxylic acids is 1. The molecular formula is C20H26F2N4OS. The normalized spacial score (nSPS) is 22.6. The lowest BCUT2D eigenvalue weighted by Gasteiger charge is -2.36. The summed E-state index contributed by atoms with van der Waals surface area (Å²) in [5.74, 6) is -0.793. The minimum Gasteiger partial charge on any atom is -0.306 e. The molecule has 4 rings (SSSR count). The van der Waals surface area contributed by atoms with Gasteiger partial charge in [0.1, 0.15) is 11.3 Å². The van der Waals surface area contributed by atoms with Gasteiger partial charge in [0.05, 0.1) is 10.6 Å². The second kappa shape index (κ2) is 8.39. The zero-order valence-corrected chi connectivity index (χ0v) is 16.9. The van der Waals surface area contributed by atoms with Gasteiger partial charge in [0.15, 0.2) is 10.9 Å². The topological polar surface area (TPSA) is 48.5 Å². The standard InChI is InChI=1S/C20H26F2N4OS/c1-25-7-4-13(5-8-25)11-26-6-2-3-14(12-26)19(27)24-20-23-18-16(22)9-15(21)10-17(18)28-20/h9-10,13-14H,2-8,11-12H2,1H3,(H,23,24,27). The highest BCUT2D eigenvalue weighted by Gasteiger charge is 2.28. The van der Waals surface area contributed by atoms with Crippen molar-refractivity contribution in [2.24, 2.45) is 11.8 Å². The van der Waals surface area contributed by atoms with Crippen molar-refractivity contribution in [3.8, 4) is 0 Å². The first-order valence-corrected chi connectivity index (χ1v) is 10.8. The lowest BCUT2D eigenvalue weighted by molar-refractivity contribution is -0.121. The van der Waals surface area contributed by atoms with E-state index in [2.05, 4.69) is 27.1 Å². The van der Waals surface area contributed by atoms with Crippen molar-refractivity contribution in [3.63, 3.8) is 0 Å². The Morgan fingerprint density at radius 3 is 2.82 bits per heavy atom.